The van der Waals surface area contributed by atoms with Gasteiger partial charge in [0, 0.05) is 34.3 Å². The first-order chi connectivity index (χ1) is 23.4. The Balaban J connectivity index is 1.34. The number of halogens is 4. The van der Waals surface area contributed by atoms with E-state index in [9.17, 15) is 19.1 Å². The Kier molecular flexibility index (Phi) is 8.17. The molecule has 0 bridgehead atoms. The van der Waals surface area contributed by atoms with Gasteiger partial charge in [-0.2, -0.15) is 0 Å². The van der Waals surface area contributed by atoms with Crippen molar-refractivity contribution in [2.45, 2.75) is 36.9 Å². The van der Waals surface area contributed by atoms with E-state index >= 15 is 4.39 Å². The van der Waals surface area contributed by atoms with Crippen LogP contribution in [0.1, 0.15) is 46.9 Å². The van der Waals surface area contributed by atoms with Gasteiger partial charge in [-0.25, -0.2) is 13.8 Å². The van der Waals surface area contributed by atoms with Crippen LogP contribution in [0.25, 0.3) is 22.2 Å². The number of carbonyl (C=O) groups excluding carboxylic acids is 2. The van der Waals surface area contributed by atoms with Gasteiger partial charge in [-0.15, -0.1) is 0 Å². The smallest absolute Gasteiger partial charge is 0.251 e. The fourth-order valence-corrected chi connectivity index (χ4v) is 6.16. The Hall–Kier alpha value is -4.84. The molecule has 0 saturated heterocycles. The maximum absolute atomic E-state index is 15.4. The van der Waals surface area contributed by atoms with Crippen molar-refractivity contribution < 1.29 is 33.0 Å². The molecule has 5 aromatic rings. The summed E-state index contributed by atoms with van der Waals surface area (Å²) in [6.07, 6.45) is 3.30. The molecule has 7 rings (SSSR count). The molecule has 13 heteroatoms. The highest BCUT2D eigenvalue weighted by molar-refractivity contribution is 6.31. The molecule has 0 unspecified atom stereocenters. The number of primary amides is 1. The van der Waals surface area contributed by atoms with E-state index in [2.05, 4.69) is 15.3 Å². The third-order valence-corrected chi connectivity index (χ3v) is 9.35. The van der Waals surface area contributed by atoms with Crippen molar-refractivity contribution in [1.82, 2.24) is 15.3 Å². The second-order valence-electron chi connectivity index (χ2n) is 12.4. The lowest BCUT2D eigenvalue weighted by Gasteiger charge is -2.30. The van der Waals surface area contributed by atoms with E-state index in [0.717, 1.165) is 18.9 Å². The summed E-state index contributed by atoms with van der Waals surface area (Å²) in [5.74, 6) is -2.83. The first-order valence-electron chi connectivity index (χ1n) is 15.3. The predicted octanol–water partition coefficient (Wildman–Crippen LogP) is 6.22. The standard InChI is InChI=1S/C36H28Cl2F2N4O5/c1-35(34(41)46)17-48-32-24(35)13-29(44-31(32)23-12-25(38)27(40)14-26(23)39)36(47,20-5-3-2-4-6-20)16-43-33(45)19-9-18-10-21(37)15-42-30(18)28(11-19)49-22-7-8-22/h2-6,9-15,22,47H,7-8,16-17H2,1H3,(H2,41,46)(H,43,45)/t35-,36+/m0/s1. The SMILES string of the molecule is C[C@]1(C(N)=O)COc2c1cc([C@@](O)(CNC(=O)c1cc(OC3CC3)c3ncc(Cl)cc3c1)c1ccccc1)nc2-c1cc(Cl)c(F)cc1F. The average Bonchev–Trinajstić information content (AvgIpc) is 3.84. The molecular weight excluding hydrogens is 677 g/mol. The lowest BCUT2D eigenvalue weighted by atomic mass is 9.80. The Morgan fingerprint density at radius 3 is 2.57 bits per heavy atom. The topological polar surface area (TPSA) is 137 Å². The maximum Gasteiger partial charge on any atom is 0.251 e. The van der Waals surface area contributed by atoms with Crippen LogP contribution in [-0.4, -0.2) is 46.1 Å². The zero-order valence-electron chi connectivity index (χ0n) is 25.9. The van der Waals surface area contributed by atoms with E-state index in [-0.39, 0.29) is 51.6 Å². The van der Waals surface area contributed by atoms with Gasteiger partial charge in [0.2, 0.25) is 5.91 Å². The largest absolute Gasteiger partial charge is 0.489 e. The summed E-state index contributed by atoms with van der Waals surface area (Å²) in [6, 6.07) is 16.4. The lowest BCUT2D eigenvalue weighted by Crippen LogP contribution is -2.43. The van der Waals surface area contributed by atoms with Crippen molar-refractivity contribution in [2.75, 3.05) is 13.2 Å². The number of pyridine rings is 2. The molecule has 3 aromatic carbocycles. The Labute approximate surface area is 289 Å². The summed E-state index contributed by atoms with van der Waals surface area (Å²) in [6.45, 7) is 0.930. The number of amides is 2. The normalized spacial score (nSPS) is 18.0. The third kappa shape index (κ3) is 5.92. The maximum atomic E-state index is 15.4. The highest BCUT2D eigenvalue weighted by Crippen LogP contribution is 2.47. The van der Waals surface area contributed by atoms with E-state index in [4.69, 9.17) is 38.4 Å². The summed E-state index contributed by atoms with van der Waals surface area (Å²) in [4.78, 5) is 35.6. The zero-order chi connectivity index (χ0) is 34.7. The monoisotopic (exact) mass is 704 g/mol. The number of nitrogens with one attached hydrogen (secondary N) is 1. The molecule has 3 heterocycles. The Morgan fingerprint density at radius 2 is 1.86 bits per heavy atom. The average molecular weight is 706 g/mol. The number of fused-ring (bicyclic) bond motifs is 2. The molecule has 2 aliphatic rings. The van der Waals surface area contributed by atoms with E-state index in [1.807, 2.05) is 0 Å². The minimum Gasteiger partial charge on any atom is -0.489 e. The molecule has 1 fully saturated rings. The Morgan fingerprint density at radius 1 is 1.10 bits per heavy atom. The highest BCUT2D eigenvalue weighted by atomic mass is 35.5. The van der Waals surface area contributed by atoms with E-state index in [1.54, 1.807) is 55.5 Å². The molecule has 250 valence electrons. The van der Waals surface area contributed by atoms with E-state index in [1.165, 1.54) is 12.3 Å². The van der Waals surface area contributed by atoms with E-state index < -0.39 is 41.0 Å². The zero-order valence-corrected chi connectivity index (χ0v) is 27.4. The molecular formula is C36H28Cl2F2N4O5. The van der Waals surface area contributed by atoms with Gasteiger partial charge < -0.3 is 25.6 Å². The van der Waals surface area contributed by atoms with Crippen LogP contribution < -0.4 is 20.5 Å². The second-order valence-corrected chi connectivity index (χ2v) is 13.2. The van der Waals surface area contributed by atoms with Gasteiger partial charge in [-0.1, -0.05) is 53.5 Å². The number of benzene rings is 3. The van der Waals surface area contributed by atoms with Crippen molar-refractivity contribution in [3.63, 3.8) is 0 Å². The molecule has 0 radical (unpaired) electrons. The van der Waals surface area contributed by atoms with Gasteiger partial charge in [-0.3, -0.25) is 14.6 Å². The number of nitrogens with two attached hydrogens (primary N) is 1. The van der Waals surface area contributed by atoms with Crippen LogP contribution in [0.2, 0.25) is 10.0 Å². The van der Waals surface area contributed by atoms with Gasteiger partial charge >= 0.3 is 0 Å². The van der Waals surface area contributed by atoms with Crippen molar-refractivity contribution in [3.8, 4) is 22.8 Å². The minimum atomic E-state index is -2.06. The van der Waals surface area contributed by atoms with Gasteiger partial charge in [0.15, 0.2) is 0 Å². The van der Waals surface area contributed by atoms with Gasteiger partial charge in [-0.05, 0) is 55.7 Å². The van der Waals surface area contributed by atoms with Crippen molar-refractivity contribution in [1.29, 1.82) is 0 Å². The number of hydrogen-bond donors (Lipinski definition) is 3. The van der Waals surface area contributed by atoms with Crippen LogP contribution in [0.5, 0.6) is 11.5 Å². The predicted molar refractivity (Wildman–Crippen MR) is 179 cm³/mol. The quantitative estimate of drug-likeness (QED) is 0.155. The number of nitrogens with zero attached hydrogens (tertiary/aromatic N) is 2. The van der Waals surface area contributed by atoms with Crippen LogP contribution in [0.3, 0.4) is 0 Å². The lowest BCUT2D eigenvalue weighted by molar-refractivity contribution is -0.123. The van der Waals surface area contributed by atoms with E-state index in [0.29, 0.717) is 33.3 Å². The number of ether oxygens (including phenoxy) is 2. The molecule has 0 spiro atoms. The molecule has 9 nitrogen and oxygen atoms in total. The highest BCUT2D eigenvalue weighted by Gasteiger charge is 2.46. The number of hydrogen-bond acceptors (Lipinski definition) is 7. The summed E-state index contributed by atoms with van der Waals surface area (Å²) in [5.41, 5.74) is 3.23. The summed E-state index contributed by atoms with van der Waals surface area (Å²) >= 11 is 12.3. The molecule has 2 atom stereocenters. The molecule has 2 amide bonds. The number of rotatable bonds is 9. The molecule has 4 N–H and O–H groups in total. The van der Waals surface area contributed by atoms with Crippen molar-refractivity contribution >= 4 is 45.9 Å². The van der Waals surface area contributed by atoms with Crippen LogP contribution in [0, 0.1) is 11.6 Å². The Bertz CT molecular complexity index is 2170. The van der Waals surface area contributed by atoms with Gasteiger partial charge in [0.25, 0.3) is 5.91 Å². The molecule has 1 aliphatic heterocycles. The molecule has 1 saturated carbocycles. The van der Waals surface area contributed by atoms with Crippen LogP contribution in [0.4, 0.5) is 8.78 Å². The first-order valence-corrected chi connectivity index (χ1v) is 16.1. The minimum absolute atomic E-state index is 0.0256. The molecule has 2 aromatic heterocycles. The second kappa shape index (κ2) is 12.2. The van der Waals surface area contributed by atoms with Gasteiger partial charge in [0.1, 0.15) is 52.0 Å². The van der Waals surface area contributed by atoms with Gasteiger partial charge in [0.05, 0.1) is 28.4 Å². The third-order valence-electron chi connectivity index (χ3n) is 8.86. The van der Waals surface area contributed by atoms with Crippen molar-refractivity contribution in [3.05, 3.63) is 117 Å². The van der Waals surface area contributed by atoms with Crippen LogP contribution in [-0.2, 0) is 15.8 Å². The first kappa shape index (κ1) is 32.7. The fraction of sp³-hybridized carbons (Fsp3) is 0.222. The number of aromatic nitrogens is 2. The molecule has 1 aliphatic carbocycles. The summed E-state index contributed by atoms with van der Waals surface area (Å²) in [5, 5.41) is 15.9. The van der Waals surface area contributed by atoms with Crippen molar-refractivity contribution in [2.24, 2.45) is 5.73 Å². The fourth-order valence-electron chi connectivity index (χ4n) is 5.83. The number of carbonyl (C=O) groups is 2. The summed E-state index contributed by atoms with van der Waals surface area (Å²) < 4.78 is 41.5. The number of aliphatic hydroxyl groups is 1. The molecule has 49 heavy (non-hydrogen) atoms. The van der Waals surface area contributed by atoms with Crippen LogP contribution >= 0.6 is 23.2 Å². The summed E-state index contributed by atoms with van der Waals surface area (Å²) in [7, 11) is 0. The van der Waals surface area contributed by atoms with Crippen LogP contribution in [0.15, 0.2) is 72.9 Å².